The van der Waals surface area contributed by atoms with Crippen LogP contribution in [0.2, 0.25) is 0 Å². The third-order valence-electron chi connectivity index (χ3n) is 4.44. The predicted octanol–water partition coefficient (Wildman–Crippen LogP) is 1.71. The van der Waals surface area contributed by atoms with Gasteiger partial charge in [0.2, 0.25) is 0 Å². The van der Waals surface area contributed by atoms with Gasteiger partial charge in [0.15, 0.2) is 5.96 Å². The molecule has 1 aliphatic heterocycles. The van der Waals surface area contributed by atoms with Crippen molar-refractivity contribution in [1.82, 2.24) is 15.5 Å². The predicted molar refractivity (Wildman–Crippen MR) is 105 cm³/mol. The van der Waals surface area contributed by atoms with Gasteiger partial charge < -0.3 is 20.1 Å². The van der Waals surface area contributed by atoms with Crippen molar-refractivity contribution < 1.29 is 9.47 Å². The molecule has 142 valence electrons. The molecule has 0 bridgehead atoms. The lowest BCUT2D eigenvalue weighted by molar-refractivity contribution is 0.0698. The maximum Gasteiger partial charge on any atom is 0.191 e. The molecule has 1 atom stereocenters. The van der Waals surface area contributed by atoms with Gasteiger partial charge in [0.1, 0.15) is 0 Å². The Balaban J connectivity index is 1.60. The molecule has 0 saturated heterocycles. The van der Waals surface area contributed by atoms with Gasteiger partial charge in [-0.25, -0.2) is 0 Å². The lowest BCUT2D eigenvalue weighted by Gasteiger charge is -2.32. The van der Waals surface area contributed by atoms with Crippen LogP contribution in [0.1, 0.15) is 23.8 Å². The van der Waals surface area contributed by atoms with Crippen LogP contribution in [-0.4, -0.2) is 70.5 Å². The molecule has 2 rings (SSSR count). The summed E-state index contributed by atoms with van der Waals surface area (Å²) in [6, 6.07) is 2.74. The molecule has 7 heteroatoms. The van der Waals surface area contributed by atoms with Gasteiger partial charge in [-0.3, -0.25) is 9.89 Å². The monoisotopic (exact) mass is 368 g/mol. The summed E-state index contributed by atoms with van der Waals surface area (Å²) in [4.78, 5) is 8.39. The lowest BCUT2D eigenvalue weighted by atomic mass is 10.1. The van der Waals surface area contributed by atoms with Crippen molar-refractivity contribution in [3.05, 3.63) is 21.9 Å². The molecule has 0 amide bonds. The van der Waals surface area contributed by atoms with E-state index in [0.29, 0.717) is 19.3 Å². The second-order valence-electron chi connectivity index (χ2n) is 6.28. The summed E-state index contributed by atoms with van der Waals surface area (Å²) in [5.41, 5.74) is 1.50. The van der Waals surface area contributed by atoms with Crippen molar-refractivity contribution in [3.63, 3.8) is 0 Å². The molecular formula is C18H32N4O2S. The largest absolute Gasteiger partial charge is 0.382 e. The Bertz CT molecular complexity index is 521. The minimum atomic E-state index is 0.476. The number of guanidine groups is 1. The number of fused-ring (bicyclic) bond motifs is 1. The van der Waals surface area contributed by atoms with E-state index >= 15 is 0 Å². The summed E-state index contributed by atoms with van der Waals surface area (Å²) in [5.74, 6) is 0.858. The zero-order valence-corrected chi connectivity index (χ0v) is 16.5. The Kier molecular flexibility index (Phi) is 9.25. The molecule has 2 heterocycles. The van der Waals surface area contributed by atoms with Gasteiger partial charge in [0.25, 0.3) is 0 Å². The first-order valence-electron chi connectivity index (χ1n) is 9.05. The maximum atomic E-state index is 5.46. The van der Waals surface area contributed by atoms with Gasteiger partial charge in [0.05, 0.1) is 13.2 Å². The quantitative estimate of drug-likeness (QED) is 0.374. The molecule has 1 aliphatic rings. The Morgan fingerprint density at radius 2 is 2.24 bits per heavy atom. The summed E-state index contributed by atoms with van der Waals surface area (Å²) in [7, 11) is 3.50. The van der Waals surface area contributed by atoms with Gasteiger partial charge in [-0.2, -0.15) is 0 Å². The number of thiophene rings is 1. The van der Waals surface area contributed by atoms with Gasteiger partial charge in [-0.1, -0.05) is 0 Å². The highest BCUT2D eigenvalue weighted by atomic mass is 32.1. The maximum absolute atomic E-state index is 5.46. The fourth-order valence-electron chi connectivity index (χ4n) is 2.87. The Hall–Kier alpha value is -1.15. The summed E-state index contributed by atoms with van der Waals surface area (Å²) < 4.78 is 10.4. The fourth-order valence-corrected chi connectivity index (χ4v) is 3.76. The van der Waals surface area contributed by atoms with Crippen LogP contribution in [0.4, 0.5) is 0 Å². The van der Waals surface area contributed by atoms with E-state index in [4.69, 9.17) is 9.47 Å². The van der Waals surface area contributed by atoms with Crippen LogP contribution < -0.4 is 10.6 Å². The summed E-state index contributed by atoms with van der Waals surface area (Å²) in [6.07, 6.45) is 2.13. The van der Waals surface area contributed by atoms with E-state index in [-0.39, 0.29) is 0 Å². The molecule has 6 nitrogen and oxygen atoms in total. The number of hydrogen-bond acceptors (Lipinski definition) is 5. The Labute approximate surface area is 155 Å². The molecule has 1 aromatic heterocycles. The van der Waals surface area contributed by atoms with Crippen LogP contribution in [0.15, 0.2) is 16.4 Å². The molecule has 1 unspecified atom stereocenters. The van der Waals surface area contributed by atoms with Crippen LogP contribution >= 0.6 is 11.3 Å². The average Bonchev–Trinajstić information content (AvgIpc) is 3.10. The molecule has 0 saturated carbocycles. The van der Waals surface area contributed by atoms with Crippen molar-refractivity contribution in [2.75, 3.05) is 53.6 Å². The smallest absolute Gasteiger partial charge is 0.191 e. The van der Waals surface area contributed by atoms with Crippen LogP contribution in [-0.2, 0) is 22.4 Å². The average molecular weight is 369 g/mol. The molecule has 0 fully saturated rings. The van der Waals surface area contributed by atoms with Crippen molar-refractivity contribution in [2.45, 2.75) is 32.4 Å². The summed E-state index contributed by atoms with van der Waals surface area (Å²) in [5, 5.41) is 8.99. The normalized spacial score (nSPS) is 16.5. The van der Waals surface area contributed by atoms with E-state index in [2.05, 4.69) is 38.9 Å². The van der Waals surface area contributed by atoms with E-state index in [9.17, 15) is 0 Å². The van der Waals surface area contributed by atoms with E-state index < -0.39 is 0 Å². The zero-order chi connectivity index (χ0) is 17.9. The van der Waals surface area contributed by atoms with Crippen molar-refractivity contribution in [2.24, 2.45) is 4.99 Å². The molecule has 0 spiro atoms. The highest BCUT2D eigenvalue weighted by Gasteiger charge is 2.21. The van der Waals surface area contributed by atoms with Gasteiger partial charge in [-0.15, -0.1) is 11.3 Å². The standard InChI is InChI=1S/C18H32N4O2S/c1-15(22-8-5-17-16(14-22)6-12-25-17)13-21-18(19-2)20-7-4-9-24-11-10-23-3/h6,12,15H,4-5,7-11,13-14H2,1-3H3,(H2,19,20,21). The summed E-state index contributed by atoms with van der Waals surface area (Å²) in [6.45, 7) is 8.27. The molecule has 0 aromatic carbocycles. The fraction of sp³-hybridized carbons (Fsp3) is 0.722. The van der Waals surface area contributed by atoms with E-state index in [0.717, 1.165) is 45.2 Å². The topological polar surface area (TPSA) is 58.1 Å². The Morgan fingerprint density at radius 1 is 1.36 bits per heavy atom. The first-order valence-corrected chi connectivity index (χ1v) is 9.93. The summed E-state index contributed by atoms with van der Waals surface area (Å²) >= 11 is 1.89. The van der Waals surface area contributed by atoms with Crippen LogP contribution in [0.25, 0.3) is 0 Å². The Morgan fingerprint density at radius 3 is 3.04 bits per heavy atom. The minimum absolute atomic E-state index is 0.476. The van der Waals surface area contributed by atoms with Crippen molar-refractivity contribution in [3.8, 4) is 0 Å². The molecule has 0 radical (unpaired) electrons. The van der Waals surface area contributed by atoms with Crippen LogP contribution in [0.3, 0.4) is 0 Å². The number of ether oxygens (including phenoxy) is 2. The third kappa shape index (κ3) is 6.93. The zero-order valence-electron chi connectivity index (χ0n) is 15.7. The third-order valence-corrected chi connectivity index (χ3v) is 5.46. The SMILES string of the molecule is CN=C(NCCCOCCOC)NCC(C)N1CCc2sccc2C1. The molecule has 1 aromatic rings. The van der Waals surface area contributed by atoms with Gasteiger partial charge >= 0.3 is 0 Å². The van der Waals surface area contributed by atoms with Gasteiger partial charge in [0, 0.05) is 57.9 Å². The van der Waals surface area contributed by atoms with E-state index in [1.165, 1.54) is 12.0 Å². The second kappa shape index (κ2) is 11.5. The van der Waals surface area contributed by atoms with Gasteiger partial charge in [-0.05, 0) is 36.8 Å². The van der Waals surface area contributed by atoms with Crippen LogP contribution in [0, 0.1) is 0 Å². The first kappa shape index (κ1) is 20.2. The molecule has 0 aliphatic carbocycles. The van der Waals surface area contributed by atoms with Crippen molar-refractivity contribution >= 4 is 17.3 Å². The number of aliphatic imine (C=N–C) groups is 1. The van der Waals surface area contributed by atoms with E-state index in [1.807, 2.05) is 18.4 Å². The highest BCUT2D eigenvalue weighted by Crippen LogP contribution is 2.24. The minimum Gasteiger partial charge on any atom is -0.382 e. The molecule has 2 N–H and O–H groups in total. The highest BCUT2D eigenvalue weighted by molar-refractivity contribution is 7.10. The number of nitrogens with one attached hydrogen (secondary N) is 2. The molecular weight excluding hydrogens is 336 g/mol. The van der Waals surface area contributed by atoms with Crippen LogP contribution in [0.5, 0.6) is 0 Å². The van der Waals surface area contributed by atoms with E-state index in [1.54, 1.807) is 12.0 Å². The molecule has 25 heavy (non-hydrogen) atoms. The lowest BCUT2D eigenvalue weighted by Crippen LogP contribution is -2.47. The number of hydrogen-bond donors (Lipinski definition) is 2. The number of rotatable bonds is 10. The van der Waals surface area contributed by atoms with Crippen molar-refractivity contribution in [1.29, 1.82) is 0 Å². The first-order chi connectivity index (χ1) is 12.2. The second-order valence-corrected chi connectivity index (χ2v) is 7.28. The number of nitrogens with zero attached hydrogens (tertiary/aromatic N) is 2. The number of methoxy groups -OCH3 is 1.